The van der Waals surface area contributed by atoms with Crippen LogP contribution in [0.15, 0.2) is 10.7 Å². The maximum absolute atomic E-state index is 12.2. The first-order chi connectivity index (χ1) is 9.99. The summed E-state index contributed by atoms with van der Waals surface area (Å²) < 4.78 is 5.34. The number of oxazole rings is 1. The molecule has 21 heavy (non-hydrogen) atoms. The van der Waals surface area contributed by atoms with Gasteiger partial charge in [0.2, 0.25) is 5.89 Å². The third kappa shape index (κ3) is 4.06. The molecule has 5 nitrogen and oxygen atoms in total. The van der Waals surface area contributed by atoms with Crippen molar-refractivity contribution in [2.24, 2.45) is 17.6 Å². The van der Waals surface area contributed by atoms with Crippen molar-refractivity contribution < 1.29 is 9.21 Å². The molecule has 0 aliphatic heterocycles. The van der Waals surface area contributed by atoms with Crippen molar-refractivity contribution in [3.05, 3.63) is 17.8 Å². The molecule has 5 heteroatoms. The number of carbonyl (C=O) groups excluding carboxylic acids is 1. The van der Waals surface area contributed by atoms with Gasteiger partial charge in [0.15, 0.2) is 5.69 Å². The minimum Gasteiger partial charge on any atom is -0.446 e. The Hall–Kier alpha value is -1.36. The lowest BCUT2D eigenvalue weighted by atomic mass is 9.84. The van der Waals surface area contributed by atoms with Crippen LogP contribution in [0.2, 0.25) is 0 Å². The van der Waals surface area contributed by atoms with Crippen molar-refractivity contribution in [2.75, 3.05) is 0 Å². The zero-order valence-corrected chi connectivity index (χ0v) is 13.3. The van der Waals surface area contributed by atoms with E-state index in [1.54, 1.807) is 0 Å². The average Bonchev–Trinajstić information content (AvgIpc) is 2.97. The molecular formula is C16H27N3O2. The normalized spacial score (nSPS) is 19.5. The fraction of sp³-hybridized carbons (Fsp3) is 0.750. The Morgan fingerprint density at radius 3 is 2.62 bits per heavy atom. The Morgan fingerprint density at radius 1 is 1.33 bits per heavy atom. The molecule has 0 saturated heterocycles. The summed E-state index contributed by atoms with van der Waals surface area (Å²) in [7, 11) is 0. The summed E-state index contributed by atoms with van der Waals surface area (Å²) in [6, 6.07) is -0.0981. The van der Waals surface area contributed by atoms with E-state index >= 15 is 0 Å². The minimum absolute atomic E-state index is 0.168. The van der Waals surface area contributed by atoms with Gasteiger partial charge in [-0.05, 0) is 31.6 Å². The van der Waals surface area contributed by atoms with Gasteiger partial charge in [-0.15, -0.1) is 0 Å². The highest BCUT2D eigenvalue weighted by Crippen LogP contribution is 2.26. The van der Waals surface area contributed by atoms with E-state index in [0.29, 0.717) is 17.5 Å². The fourth-order valence-corrected chi connectivity index (χ4v) is 2.86. The van der Waals surface area contributed by atoms with Crippen molar-refractivity contribution in [3.63, 3.8) is 0 Å². The molecule has 1 fully saturated rings. The zero-order chi connectivity index (χ0) is 15.4. The van der Waals surface area contributed by atoms with Crippen LogP contribution in [0, 0.1) is 11.8 Å². The Kier molecular flexibility index (Phi) is 5.39. The minimum atomic E-state index is -0.276. The van der Waals surface area contributed by atoms with Gasteiger partial charge in [0.05, 0.1) is 6.04 Å². The summed E-state index contributed by atoms with van der Waals surface area (Å²) in [6.07, 6.45) is 7.65. The lowest BCUT2D eigenvalue weighted by Crippen LogP contribution is -2.39. The van der Waals surface area contributed by atoms with Crippen molar-refractivity contribution in [3.8, 4) is 0 Å². The molecule has 1 aliphatic rings. The topological polar surface area (TPSA) is 81.1 Å². The molecule has 0 spiro atoms. The number of hydrogen-bond acceptors (Lipinski definition) is 4. The molecule has 1 aliphatic carbocycles. The van der Waals surface area contributed by atoms with Crippen molar-refractivity contribution in [2.45, 2.75) is 65.0 Å². The van der Waals surface area contributed by atoms with Crippen LogP contribution in [0.5, 0.6) is 0 Å². The summed E-state index contributed by atoms with van der Waals surface area (Å²) in [6.45, 7) is 6.08. The first-order valence-corrected chi connectivity index (χ1v) is 8.01. The third-order valence-electron chi connectivity index (χ3n) is 4.47. The van der Waals surface area contributed by atoms with E-state index in [2.05, 4.69) is 17.2 Å². The molecule has 3 N–H and O–H groups in total. The highest BCUT2D eigenvalue weighted by molar-refractivity contribution is 5.92. The summed E-state index contributed by atoms with van der Waals surface area (Å²) in [5.41, 5.74) is 6.30. The largest absolute Gasteiger partial charge is 0.446 e. The van der Waals surface area contributed by atoms with Gasteiger partial charge in [-0.2, -0.15) is 0 Å². The van der Waals surface area contributed by atoms with Crippen LogP contribution in [0.25, 0.3) is 0 Å². The third-order valence-corrected chi connectivity index (χ3v) is 4.47. The molecule has 1 amide bonds. The van der Waals surface area contributed by atoms with Crippen molar-refractivity contribution >= 4 is 5.91 Å². The van der Waals surface area contributed by atoms with E-state index in [1.807, 2.05) is 13.8 Å². The van der Waals surface area contributed by atoms with E-state index in [9.17, 15) is 4.79 Å². The molecule has 2 rings (SSSR count). The molecule has 1 aromatic heterocycles. The van der Waals surface area contributed by atoms with Gasteiger partial charge in [0.25, 0.3) is 5.91 Å². The number of nitrogens with one attached hydrogen (secondary N) is 1. The zero-order valence-electron chi connectivity index (χ0n) is 13.3. The van der Waals surface area contributed by atoms with Gasteiger partial charge in [-0.25, -0.2) is 4.98 Å². The summed E-state index contributed by atoms with van der Waals surface area (Å²) >= 11 is 0. The lowest BCUT2D eigenvalue weighted by molar-refractivity contribution is 0.0914. The number of rotatable bonds is 5. The van der Waals surface area contributed by atoms with E-state index in [4.69, 9.17) is 10.2 Å². The Morgan fingerprint density at radius 2 is 2.00 bits per heavy atom. The first-order valence-electron chi connectivity index (χ1n) is 8.01. The predicted molar refractivity (Wildman–Crippen MR) is 81.8 cm³/mol. The number of amides is 1. The van der Waals surface area contributed by atoms with E-state index in [1.165, 1.54) is 38.4 Å². The lowest BCUT2D eigenvalue weighted by Gasteiger charge is -2.27. The number of carbonyl (C=O) groups is 1. The SMILES string of the molecule is CC(C)C(N)c1nc(C(=O)NC(C)C2CCCCC2)co1. The Bertz CT molecular complexity index is 464. The van der Waals surface area contributed by atoms with E-state index in [0.717, 1.165) is 0 Å². The standard InChI is InChI=1S/C16H27N3O2/c1-10(2)14(17)16-19-13(9-21-16)15(20)18-11(3)12-7-5-4-6-8-12/h9-12,14H,4-8,17H2,1-3H3,(H,18,20). The Labute approximate surface area is 126 Å². The second-order valence-electron chi connectivity index (χ2n) is 6.50. The van der Waals surface area contributed by atoms with E-state index in [-0.39, 0.29) is 23.9 Å². The smallest absolute Gasteiger partial charge is 0.273 e. The van der Waals surface area contributed by atoms with Gasteiger partial charge in [0, 0.05) is 6.04 Å². The number of nitrogens with two attached hydrogens (primary N) is 1. The highest BCUT2D eigenvalue weighted by atomic mass is 16.3. The molecular weight excluding hydrogens is 266 g/mol. The molecule has 0 radical (unpaired) electrons. The van der Waals surface area contributed by atoms with Gasteiger partial charge in [0.1, 0.15) is 6.26 Å². The van der Waals surface area contributed by atoms with Crippen LogP contribution in [-0.4, -0.2) is 16.9 Å². The summed E-state index contributed by atoms with van der Waals surface area (Å²) in [4.78, 5) is 16.5. The molecule has 1 aromatic rings. The average molecular weight is 293 g/mol. The van der Waals surface area contributed by atoms with Crippen LogP contribution in [0.4, 0.5) is 0 Å². The quantitative estimate of drug-likeness (QED) is 0.874. The van der Waals surface area contributed by atoms with Crippen molar-refractivity contribution in [1.82, 2.24) is 10.3 Å². The summed E-state index contributed by atoms with van der Waals surface area (Å²) in [5, 5.41) is 3.05. The van der Waals surface area contributed by atoms with Crippen LogP contribution < -0.4 is 11.1 Å². The van der Waals surface area contributed by atoms with Crippen LogP contribution in [-0.2, 0) is 0 Å². The number of nitrogens with zero attached hydrogens (tertiary/aromatic N) is 1. The van der Waals surface area contributed by atoms with Crippen LogP contribution in [0.3, 0.4) is 0 Å². The molecule has 1 saturated carbocycles. The van der Waals surface area contributed by atoms with Crippen LogP contribution >= 0.6 is 0 Å². The maximum Gasteiger partial charge on any atom is 0.273 e. The molecule has 118 valence electrons. The fourth-order valence-electron chi connectivity index (χ4n) is 2.86. The maximum atomic E-state index is 12.2. The van der Waals surface area contributed by atoms with Gasteiger partial charge in [-0.3, -0.25) is 4.79 Å². The molecule has 2 unspecified atom stereocenters. The first kappa shape index (κ1) is 16.0. The van der Waals surface area contributed by atoms with Gasteiger partial charge >= 0.3 is 0 Å². The van der Waals surface area contributed by atoms with Crippen LogP contribution in [0.1, 0.15) is 75.3 Å². The second kappa shape index (κ2) is 7.07. The number of aromatic nitrogens is 1. The molecule has 2 atom stereocenters. The van der Waals surface area contributed by atoms with Gasteiger partial charge < -0.3 is 15.5 Å². The number of hydrogen-bond donors (Lipinski definition) is 2. The molecule has 0 aromatic carbocycles. The molecule has 1 heterocycles. The van der Waals surface area contributed by atoms with E-state index < -0.39 is 0 Å². The highest BCUT2D eigenvalue weighted by Gasteiger charge is 2.24. The second-order valence-corrected chi connectivity index (χ2v) is 6.50. The monoisotopic (exact) mass is 293 g/mol. The predicted octanol–water partition coefficient (Wildman–Crippen LogP) is 3.03. The molecule has 0 bridgehead atoms. The summed E-state index contributed by atoms with van der Waals surface area (Å²) in [5.74, 6) is 1.06. The van der Waals surface area contributed by atoms with Gasteiger partial charge in [-0.1, -0.05) is 33.1 Å². The Balaban J connectivity index is 1.93. The van der Waals surface area contributed by atoms with Crippen molar-refractivity contribution in [1.29, 1.82) is 0 Å².